The molecule has 0 amide bonds. The Kier molecular flexibility index (Phi) is 7.04. The summed E-state index contributed by atoms with van der Waals surface area (Å²) in [5.74, 6) is 2.24. The third-order valence-corrected chi connectivity index (χ3v) is 6.39. The van der Waals surface area contributed by atoms with E-state index in [0.717, 1.165) is 60.1 Å². The Balaban J connectivity index is 1.41. The van der Waals surface area contributed by atoms with Crippen LogP contribution in [-0.2, 0) is 20.0 Å². The number of aryl methyl sites for hydroxylation is 1. The summed E-state index contributed by atoms with van der Waals surface area (Å²) < 4.78 is 15.6. The predicted molar refractivity (Wildman–Crippen MR) is 125 cm³/mol. The number of aromatic amines is 1. The largest absolute Gasteiger partial charge is 0.361 e. The standard InChI is InChI=1S/C23H33FN8/c1-4-32-11-5-6-19(32)14-27-23(28-15-22-30-29-16(2)31(22)3)25-10-9-17-13-26-21-8-7-18(24)12-20(17)21/h7-8,12-13,19,26H,4-6,9-11,14-15H2,1-3H3,(H2,25,27,28). The first-order valence-corrected chi connectivity index (χ1v) is 11.4. The number of aromatic nitrogens is 4. The molecule has 1 saturated heterocycles. The third-order valence-electron chi connectivity index (χ3n) is 6.39. The highest BCUT2D eigenvalue weighted by Gasteiger charge is 2.22. The Morgan fingerprint density at radius 2 is 2.19 bits per heavy atom. The van der Waals surface area contributed by atoms with Gasteiger partial charge in [-0.15, -0.1) is 10.2 Å². The highest BCUT2D eigenvalue weighted by atomic mass is 19.1. The molecule has 0 radical (unpaired) electrons. The van der Waals surface area contributed by atoms with Crippen molar-refractivity contribution < 1.29 is 4.39 Å². The van der Waals surface area contributed by atoms with Crippen molar-refractivity contribution in [1.82, 2.24) is 35.3 Å². The minimum absolute atomic E-state index is 0.216. The fraction of sp³-hybridized carbons (Fsp3) is 0.522. The van der Waals surface area contributed by atoms with Crippen molar-refractivity contribution in [3.8, 4) is 0 Å². The number of H-pyrrole nitrogens is 1. The van der Waals surface area contributed by atoms with Gasteiger partial charge in [0, 0.05) is 43.3 Å². The normalized spacial score (nSPS) is 17.4. The summed E-state index contributed by atoms with van der Waals surface area (Å²) in [4.78, 5) is 10.5. The smallest absolute Gasteiger partial charge is 0.191 e. The number of guanidine groups is 1. The topological polar surface area (TPSA) is 86.2 Å². The zero-order valence-corrected chi connectivity index (χ0v) is 19.2. The molecule has 0 spiro atoms. The van der Waals surface area contributed by atoms with Crippen LogP contribution < -0.4 is 10.6 Å². The van der Waals surface area contributed by atoms with E-state index in [0.29, 0.717) is 19.1 Å². The average Bonchev–Trinajstić information content (AvgIpc) is 3.50. The van der Waals surface area contributed by atoms with Crippen molar-refractivity contribution in [3.05, 3.63) is 47.4 Å². The van der Waals surface area contributed by atoms with Crippen molar-refractivity contribution in [2.45, 2.75) is 45.7 Å². The van der Waals surface area contributed by atoms with Gasteiger partial charge in [0.15, 0.2) is 11.8 Å². The van der Waals surface area contributed by atoms with Crippen LogP contribution in [0.15, 0.2) is 29.4 Å². The SMILES string of the molecule is CCN1CCCC1CNC(=NCc1nnc(C)n1C)NCCc1c[nH]c2ccc(F)cc12. The van der Waals surface area contributed by atoms with Crippen LogP contribution in [0.3, 0.4) is 0 Å². The molecule has 1 fully saturated rings. The molecule has 4 rings (SSSR count). The minimum Gasteiger partial charge on any atom is -0.361 e. The number of rotatable bonds is 8. The molecule has 1 aliphatic heterocycles. The molecule has 0 bridgehead atoms. The van der Waals surface area contributed by atoms with Crippen LogP contribution in [-0.4, -0.2) is 62.8 Å². The van der Waals surface area contributed by atoms with Crippen LogP contribution >= 0.6 is 0 Å². The lowest BCUT2D eigenvalue weighted by atomic mass is 10.1. The van der Waals surface area contributed by atoms with E-state index in [1.165, 1.54) is 18.9 Å². The van der Waals surface area contributed by atoms with Crippen LogP contribution in [0.2, 0.25) is 0 Å². The summed E-state index contributed by atoms with van der Waals surface area (Å²) >= 11 is 0. The van der Waals surface area contributed by atoms with Crippen LogP contribution in [0.4, 0.5) is 4.39 Å². The maximum Gasteiger partial charge on any atom is 0.191 e. The Bertz CT molecular complexity index is 1070. The van der Waals surface area contributed by atoms with Gasteiger partial charge in [-0.25, -0.2) is 9.38 Å². The van der Waals surface area contributed by atoms with Gasteiger partial charge in [0.05, 0.1) is 0 Å². The Hall–Kier alpha value is -2.94. The number of halogens is 1. The van der Waals surface area contributed by atoms with E-state index in [-0.39, 0.29) is 5.82 Å². The summed E-state index contributed by atoms with van der Waals surface area (Å²) in [5, 5.41) is 16.2. The van der Waals surface area contributed by atoms with Gasteiger partial charge in [0.25, 0.3) is 0 Å². The van der Waals surface area contributed by atoms with Crippen LogP contribution in [0.1, 0.15) is 37.0 Å². The van der Waals surface area contributed by atoms with E-state index in [1.807, 2.05) is 24.7 Å². The molecule has 9 heteroatoms. The fourth-order valence-electron chi connectivity index (χ4n) is 4.34. The second-order valence-electron chi connectivity index (χ2n) is 8.37. The molecule has 1 atom stereocenters. The van der Waals surface area contributed by atoms with E-state index >= 15 is 0 Å². The van der Waals surface area contributed by atoms with Gasteiger partial charge in [-0.1, -0.05) is 6.92 Å². The number of hydrogen-bond acceptors (Lipinski definition) is 4. The van der Waals surface area contributed by atoms with Crippen molar-refractivity contribution in [2.24, 2.45) is 12.0 Å². The highest BCUT2D eigenvalue weighted by molar-refractivity contribution is 5.83. The lowest BCUT2D eigenvalue weighted by Gasteiger charge is -2.24. The Morgan fingerprint density at radius 1 is 1.31 bits per heavy atom. The van der Waals surface area contributed by atoms with Gasteiger partial charge in [-0.2, -0.15) is 0 Å². The number of hydrogen-bond donors (Lipinski definition) is 3. The van der Waals surface area contributed by atoms with E-state index in [4.69, 9.17) is 4.99 Å². The minimum atomic E-state index is -0.216. The quantitative estimate of drug-likeness (QED) is 0.370. The maximum absolute atomic E-state index is 13.7. The molecule has 3 N–H and O–H groups in total. The van der Waals surface area contributed by atoms with E-state index < -0.39 is 0 Å². The van der Waals surface area contributed by atoms with E-state index in [1.54, 1.807) is 12.1 Å². The Labute approximate surface area is 188 Å². The average molecular weight is 441 g/mol. The molecule has 0 aliphatic carbocycles. The van der Waals surface area contributed by atoms with Gasteiger partial charge in [-0.3, -0.25) is 4.90 Å². The van der Waals surface area contributed by atoms with Gasteiger partial charge in [0.2, 0.25) is 0 Å². The molecular formula is C23H33FN8. The van der Waals surface area contributed by atoms with Crippen LogP contribution in [0.25, 0.3) is 10.9 Å². The third kappa shape index (κ3) is 5.09. The number of aliphatic imine (C=N–C) groups is 1. The maximum atomic E-state index is 13.7. The monoisotopic (exact) mass is 440 g/mol. The number of likely N-dealkylation sites (N-methyl/N-ethyl adjacent to an activating group) is 1. The lowest BCUT2D eigenvalue weighted by molar-refractivity contribution is 0.267. The second-order valence-corrected chi connectivity index (χ2v) is 8.37. The first-order chi connectivity index (χ1) is 15.5. The first-order valence-electron chi connectivity index (χ1n) is 11.4. The molecular weight excluding hydrogens is 407 g/mol. The van der Waals surface area contributed by atoms with Gasteiger partial charge < -0.3 is 20.2 Å². The first kappa shape index (κ1) is 22.3. The number of nitrogens with one attached hydrogen (secondary N) is 3. The lowest BCUT2D eigenvalue weighted by Crippen LogP contribution is -2.45. The molecule has 1 aliphatic rings. The molecule has 8 nitrogen and oxygen atoms in total. The molecule has 32 heavy (non-hydrogen) atoms. The summed E-state index contributed by atoms with van der Waals surface area (Å²) in [7, 11) is 1.95. The fourth-order valence-corrected chi connectivity index (χ4v) is 4.34. The molecule has 1 aromatic carbocycles. The molecule has 3 heterocycles. The summed E-state index contributed by atoms with van der Waals surface area (Å²) in [6, 6.07) is 5.37. The van der Waals surface area contributed by atoms with Crippen LogP contribution in [0, 0.1) is 12.7 Å². The number of fused-ring (bicyclic) bond motifs is 1. The van der Waals surface area contributed by atoms with Crippen molar-refractivity contribution in [1.29, 1.82) is 0 Å². The molecule has 3 aromatic rings. The molecule has 172 valence electrons. The molecule has 2 aromatic heterocycles. The summed E-state index contributed by atoms with van der Waals surface area (Å²) in [6.45, 7) is 8.38. The zero-order chi connectivity index (χ0) is 22.5. The number of likely N-dealkylation sites (tertiary alicyclic amines) is 1. The zero-order valence-electron chi connectivity index (χ0n) is 19.2. The van der Waals surface area contributed by atoms with Gasteiger partial charge in [0.1, 0.15) is 18.2 Å². The van der Waals surface area contributed by atoms with Crippen LogP contribution in [0.5, 0.6) is 0 Å². The van der Waals surface area contributed by atoms with Crippen molar-refractivity contribution in [3.63, 3.8) is 0 Å². The van der Waals surface area contributed by atoms with Gasteiger partial charge in [-0.05, 0) is 63.0 Å². The van der Waals surface area contributed by atoms with E-state index in [2.05, 4.69) is 37.6 Å². The van der Waals surface area contributed by atoms with E-state index in [9.17, 15) is 4.39 Å². The molecule has 1 unspecified atom stereocenters. The Morgan fingerprint density at radius 3 is 2.97 bits per heavy atom. The van der Waals surface area contributed by atoms with Crippen molar-refractivity contribution >= 4 is 16.9 Å². The number of nitrogens with zero attached hydrogens (tertiary/aromatic N) is 5. The highest BCUT2D eigenvalue weighted by Crippen LogP contribution is 2.19. The predicted octanol–water partition coefficient (Wildman–Crippen LogP) is 2.51. The van der Waals surface area contributed by atoms with Crippen molar-refractivity contribution in [2.75, 3.05) is 26.2 Å². The second kappa shape index (κ2) is 10.1. The summed E-state index contributed by atoms with van der Waals surface area (Å²) in [5.41, 5.74) is 2.04. The summed E-state index contributed by atoms with van der Waals surface area (Å²) in [6.07, 6.45) is 5.17. The molecule has 0 saturated carbocycles. The van der Waals surface area contributed by atoms with Gasteiger partial charge >= 0.3 is 0 Å². The number of benzene rings is 1.